The second-order valence-corrected chi connectivity index (χ2v) is 6.79. The molecule has 4 heterocycles. The van der Waals surface area contributed by atoms with E-state index in [-0.39, 0.29) is 0 Å². The van der Waals surface area contributed by atoms with Crippen LogP contribution in [0.1, 0.15) is 11.1 Å². The van der Waals surface area contributed by atoms with E-state index in [2.05, 4.69) is 57.0 Å². The van der Waals surface area contributed by atoms with E-state index in [1.165, 1.54) is 38.7 Å². The molecule has 6 rings (SSSR count). The van der Waals surface area contributed by atoms with Crippen molar-refractivity contribution in [1.82, 2.24) is 9.97 Å². The molecule has 0 atom stereocenters. The van der Waals surface area contributed by atoms with Gasteiger partial charge in [0.2, 0.25) is 0 Å². The number of hydrogen-bond donors (Lipinski definition) is 2. The van der Waals surface area contributed by atoms with E-state index in [1.807, 2.05) is 24.7 Å². The topological polar surface area (TPSA) is 49.8 Å². The van der Waals surface area contributed by atoms with Crippen LogP contribution < -0.4 is 10.6 Å². The maximum atomic E-state index is 4.32. The van der Waals surface area contributed by atoms with Crippen LogP contribution in [0.4, 0.5) is 11.4 Å². The summed E-state index contributed by atoms with van der Waals surface area (Å²) in [5.74, 6) is 0. The normalized spacial score (nSPS) is 14.2. The van der Waals surface area contributed by atoms with Gasteiger partial charge in [0.1, 0.15) is 0 Å². The monoisotopic (exact) mass is 340 g/mol. The molecule has 4 nitrogen and oxygen atoms in total. The second-order valence-electron chi connectivity index (χ2n) is 6.79. The van der Waals surface area contributed by atoms with Crippen molar-refractivity contribution in [1.29, 1.82) is 0 Å². The molecule has 0 saturated carbocycles. The molecule has 2 aliphatic heterocycles. The molecule has 0 spiro atoms. The van der Waals surface area contributed by atoms with Gasteiger partial charge in [0.15, 0.2) is 0 Å². The summed E-state index contributed by atoms with van der Waals surface area (Å²) in [5.41, 5.74) is 6.46. The van der Waals surface area contributed by atoms with E-state index in [0.29, 0.717) is 0 Å². The number of pyridine rings is 2. The standard InChI is InChI=1S/2C11H10N2/c1-3-12-7-10-6-11-9(2-4-13-11)5-8(1)10;1-2-8-6-9-3-5-13-11(9)7-10(8)12-4-1/h1,3,5-7,13H,2,4H2;1-2,4,6-7,13H,3,5H2. The fourth-order valence-corrected chi connectivity index (χ4v) is 3.76. The minimum atomic E-state index is 1.06. The van der Waals surface area contributed by atoms with Gasteiger partial charge in [0, 0.05) is 53.8 Å². The molecule has 0 unspecified atom stereocenters. The molecule has 128 valence electrons. The SMILES string of the molecule is c1cc2cc3c(cc2cn1)NCC3.c1cnc2cc3c(cc2c1)CCN3. The average Bonchev–Trinajstić information content (AvgIpc) is 3.33. The smallest absolute Gasteiger partial charge is 0.0722 e. The summed E-state index contributed by atoms with van der Waals surface area (Å²) < 4.78 is 0. The second kappa shape index (κ2) is 6.30. The summed E-state index contributed by atoms with van der Waals surface area (Å²) >= 11 is 0. The van der Waals surface area contributed by atoms with Gasteiger partial charge in [-0.25, -0.2) is 0 Å². The van der Waals surface area contributed by atoms with Crippen molar-refractivity contribution in [2.75, 3.05) is 23.7 Å². The third kappa shape index (κ3) is 2.73. The Morgan fingerprint density at radius 2 is 1.50 bits per heavy atom. The molecule has 0 saturated heterocycles. The molecule has 4 heteroatoms. The van der Waals surface area contributed by atoms with E-state index in [1.54, 1.807) is 0 Å². The minimum Gasteiger partial charge on any atom is -0.384 e. The molecule has 2 aliphatic rings. The molecular weight excluding hydrogens is 320 g/mol. The summed E-state index contributed by atoms with van der Waals surface area (Å²) in [4.78, 5) is 8.43. The van der Waals surface area contributed by atoms with Crippen molar-refractivity contribution in [2.45, 2.75) is 12.8 Å². The van der Waals surface area contributed by atoms with Gasteiger partial charge in [0.25, 0.3) is 0 Å². The number of fused-ring (bicyclic) bond motifs is 4. The van der Waals surface area contributed by atoms with Crippen LogP contribution >= 0.6 is 0 Å². The fourth-order valence-electron chi connectivity index (χ4n) is 3.76. The number of benzene rings is 2. The maximum absolute atomic E-state index is 4.32. The highest BCUT2D eigenvalue weighted by atomic mass is 14.9. The molecule has 0 amide bonds. The molecule has 2 N–H and O–H groups in total. The molecule has 0 fully saturated rings. The number of aromatic nitrogens is 2. The van der Waals surface area contributed by atoms with Gasteiger partial charge in [0.05, 0.1) is 5.52 Å². The summed E-state index contributed by atoms with van der Waals surface area (Å²) in [6, 6.07) is 15.0. The van der Waals surface area contributed by atoms with E-state index in [9.17, 15) is 0 Å². The number of nitrogens with one attached hydrogen (secondary N) is 2. The largest absolute Gasteiger partial charge is 0.384 e. The van der Waals surface area contributed by atoms with Crippen LogP contribution in [0.25, 0.3) is 21.7 Å². The fraction of sp³-hybridized carbons (Fsp3) is 0.182. The molecule has 0 bridgehead atoms. The molecule has 2 aromatic heterocycles. The molecule has 0 aliphatic carbocycles. The van der Waals surface area contributed by atoms with Crippen LogP contribution in [0.2, 0.25) is 0 Å². The van der Waals surface area contributed by atoms with Crippen molar-refractivity contribution in [3.63, 3.8) is 0 Å². The first-order valence-electron chi connectivity index (χ1n) is 9.09. The highest BCUT2D eigenvalue weighted by Gasteiger charge is 2.11. The quantitative estimate of drug-likeness (QED) is 0.498. The van der Waals surface area contributed by atoms with Gasteiger partial charge >= 0.3 is 0 Å². The Morgan fingerprint density at radius 1 is 0.731 bits per heavy atom. The zero-order valence-corrected chi connectivity index (χ0v) is 14.5. The van der Waals surface area contributed by atoms with Gasteiger partial charge in [-0.05, 0) is 65.8 Å². The predicted octanol–water partition coefficient (Wildman–Crippen LogP) is 4.41. The highest BCUT2D eigenvalue weighted by Crippen LogP contribution is 2.27. The van der Waals surface area contributed by atoms with Crippen molar-refractivity contribution >= 4 is 33.1 Å². The zero-order valence-electron chi connectivity index (χ0n) is 14.5. The number of hydrogen-bond acceptors (Lipinski definition) is 4. The lowest BCUT2D eigenvalue weighted by Crippen LogP contribution is -1.90. The molecular formula is C22H20N4. The van der Waals surface area contributed by atoms with E-state index in [4.69, 9.17) is 0 Å². The average molecular weight is 340 g/mol. The Morgan fingerprint density at radius 3 is 2.35 bits per heavy atom. The predicted molar refractivity (Wildman–Crippen MR) is 108 cm³/mol. The lowest BCUT2D eigenvalue weighted by atomic mass is 10.1. The Hall–Kier alpha value is -3.14. The first kappa shape index (κ1) is 15.1. The van der Waals surface area contributed by atoms with Gasteiger partial charge in [-0.2, -0.15) is 0 Å². The summed E-state index contributed by atoms with van der Waals surface area (Å²) in [5, 5.41) is 10.5. The molecule has 0 radical (unpaired) electrons. The molecule has 4 aromatic rings. The lowest BCUT2D eigenvalue weighted by molar-refractivity contribution is 1.11. The highest BCUT2D eigenvalue weighted by molar-refractivity contribution is 5.87. The first-order valence-corrected chi connectivity index (χ1v) is 9.09. The van der Waals surface area contributed by atoms with Crippen LogP contribution in [0.5, 0.6) is 0 Å². The van der Waals surface area contributed by atoms with Crippen LogP contribution in [0, 0.1) is 0 Å². The molecule has 26 heavy (non-hydrogen) atoms. The Balaban J connectivity index is 0.000000115. The number of nitrogens with zero attached hydrogens (tertiary/aromatic N) is 2. The Kier molecular flexibility index (Phi) is 3.67. The van der Waals surface area contributed by atoms with Crippen LogP contribution in [0.3, 0.4) is 0 Å². The van der Waals surface area contributed by atoms with Crippen molar-refractivity contribution in [2.24, 2.45) is 0 Å². The third-order valence-corrected chi connectivity index (χ3v) is 5.11. The Bertz CT molecular complexity index is 929. The Labute approximate surface area is 152 Å². The molecule has 2 aromatic carbocycles. The first-order chi connectivity index (χ1) is 12.9. The van der Waals surface area contributed by atoms with Crippen molar-refractivity contribution in [3.05, 3.63) is 72.2 Å². The van der Waals surface area contributed by atoms with E-state index >= 15 is 0 Å². The van der Waals surface area contributed by atoms with E-state index in [0.717, 1.165) is 31.4 Å². The summed E-state index contributed by atoms with van der Waals surface area (Å²) in [7, 11) is 0. The zero-order chi connectivity index (χ0) is 17.3. The number of rotatable bonds is 0. The minimum absolute atomic E-state index is 1.06. The maximum Gasteiger partial charge on any atom is 0.0722 e. The van der Waals surface area contributed by atoms with Gasteiger partial charge < -0.3 is 10.6 Å². The van der Waals surface area contributed by atoms with Gasteiger partial charge in [-0.1, -0.05) is 6.07 Å². The van der Waals surface area contributed by atoms with Crippen LogP contribution in [0.15, 0.2) is 61.1 Å². The van der Waals surface area contributed by atoms with Gasteiger partial charge in [-0.15, -0.1) is 0 Å². The lowest BCUT2D eigenvalue weighted by Gasteiger charge is -2.01. The third-order valence-electron chi connectivity index (χ3n) is 5.11. The number of anilines is 2. The van der Waals surface area contributed by atoms with Crippen molar-refractivity contribution in [3.8, 4) is 0 Å². The van der Waals surface area contributed by atoms with Crippen LogP contribution in [-0.4, -0.2) is 23.1 Å². The van der Waals surface area contributed by atoms with Crippen molar-refractivity contribution < 1.29 is 0 Å². The summed E-state index contributed by atoms with van der Waals surface area (Å²) in [6.45, 7) is 2.13. The summed E-state index contributed by atoms with van der Waals surface area (Å²) in [6.07, 6.45) is 7.88. The van der Waals surface area contributed by atoms with Crippen LogP contribution in [-0.2, 0) is 12.8 Å². The van der Waals surface area contributed by atoms with E-state index < -0.39 is 0 Å². The van der Waals surface area contributed by atoms with Gasteiger partial charge in [-0.3, -0.25) is 9.97 Å².